The Kier molecular flexibility index (Phi) is 5.53. The second kappa shape index (κ2) is 6.72. The summed E-state index contributed by atoms with van der Waals surface area (Å²) in [5.74, 6) is -1.87. The number of nitrogens with zero attached hydrogens (tertiary/aromatic N) is 1. The monoisotopic (exact) mass is 291 g/mol. The van der Waals surface area contributed by atoms with E-state index in [0.717, 1.165) is 6.07 Å². The summed E-state index contributed by atoms with van der Waals surface area (Å²) >= 11 is 0. The fourth-order valence-corrected chi connectivity index (χ4v) is 1.91. The second-order valence-corrected chi connectivity index (χ2v) is 4.48. The normalized spacial score (nSPS) is 11.5. The number of carbonyl (C=O) groups excluding carboxylic acids is 1. The molecule has 1 aromatic carbocycles. The zero-order valence-corrected chi connectivity index (χ0v) is 11.4. The van der Waals surface area contributed by atoms with Gasteiger partial charge in [0.1, 0.15) is 5.82 Å². The highest BCUT2D eigenvalue weighted by Crippen LogP contribution is 2.32. The molecule has 0 aliphatic rings. The van der Waals surface area contributed by atoms with Crippen LogP contribution in [0.25, 0.3) is 0 Å². The van der Waals surface area contributed by atoms with Crippen LogP contribution in [-0.2, 0) is 6.18 Å². The first-order chi connectivity index (χ1) is 9.31. The van der Waals surface area contributed by atoms with Crippen molar-refractivity contribution in [2.45, 2.75) is 32.9 Å². The third-order valence-corrected chi connectivity index (χ3v) is 2.79. The number of hydrogen-bond donors (Lipinski definition) is 0. The minimum atomic E-state index is -4.80. The van der Waals surface area contributed by atoms with Gasteiger partial charge < -0.3 is 4.90 Å². The first-order valence-electron chi connectivity index (χ1n) is 6.47. The van der Waals surface area contributed by atoms with Crippen LogP contribution in [0.1, 0.15) is 42.6 Å². The summed E-state index contributed by atoms with van der Waals surface area (Å²) in [4.78, 5) is 13.6. The van der Waals surface area contributed by atoms with Gasteiger partial charge in [0.2, 0.25) is 0 Å². The molecule has 0 atom stereocenters. The van der Waals surface area contributed by atoms with Gasteiger partial charge in [0, 0.05) is 18.7 Å². The molecule has 0 aliphatic carbocycles. The predicted octanol–water partition coefficient (Wildman–Crippen LogP) is 4.11. The molecule has 0 fully saturated rings. The molecule has 1 aromatic rings. The number of rotatable bonds is 5. The second-order valence-electron chi connectivity index (χ2n) is 4.48. The minimum absolute atomic E-state index is 0.138. The van der Waals surface area contributed by atoms with Crippen LogP contribution < -0.4 is 0 Å². The van der Waals surface area contributed by atoms with Crippen LogP contribution in [0.5, 0.6) is 0 Å². The summed E-state index contributed by atoms with van der Waals surface area (Å²) in [6.07, 6.45) is -3.39. The zero-order valence-electron chi connectivity index (χ0n) is 11.4. The lowest BCUT2D eigenvalue weighted by Gasteiger charge is -2.22. The van der Waals surface area contributed by atoms with E-state index in [9.17, 15) is 22.4 Å². The van der Waals surface area contributed by atoms with Crippen LogP contribution >= 0.6 is 0 Å². The van der Waals surface area contributed by atoms with E-state index < -0.39 is 23.5 Å². The van der Waals surface area contributed by atoms with E-state index >= 15 is 0 Å². The molecule has 0 bridgehead atoms. The van der Waals surface area contributed by atoms with Crippen molar-refractivity contribution in [1.29, 1.82) is 0 Å². The Morgan fingerprint density at radius 2 is 1.70 bits per heavy atom. The van der Waals surface area contributed by atoms with E-state index in [1.54, 1.807) is 0 Å². The summed E-state index contributed by atoms with van der Waals surface area (Å²) in [6.45, 7) is 4.68. The standard InChI is InChI=1S/C14H17F4NO/c1-3-7-19(8-4-2)13(20)10-5-6-12(15)11(9-10)14(16,17)18/h5-6,9H,3-4,7-8H2,1-2H3. The van der Waals surface area contributed by atoms with Crippen LogP contribution in [0, 0.1) is 5.82 Å². The number of alkyl halides is 3. The van der Waals surface area contributed by atoms with E-state index in [2.05, 4.69) is 0 Å². The molecule has 0 saturated heterocycles. The number of carbonyl (C=O) groups is 1. The summed E-state index contributed by atoms with van der Waals surface area (Å²) in [7, 11) is 0. The number of hydrogen-bond acceptors (Lipinski definition) is 1. The summed E-state index contributed by atoms with van der Waals surface area (Å²) in [5.41, 5.74) is -1.54. The molecule has 0 unspecified atom stereocenters. The van der Waals surface area contributed by atoms with Gasteiger partial charge in [-0.3, -0.25) is 4.79 Å². The zero-order chi connectivity index (χ0) is 15.3. The quantitative estimate of drug-likeness (QED) is 0.748. The van der Waals surface area contributed by atoms with Gasteiger partial charge in [-0.2, -0.15) is 13.2 Å². The Balaban J connectivity index is 3.10. The lowest BCUT2D eigenvalue weighted by Crippen LogP contribution is -2.32. The SMILES string of the molecule is CCCN(CCC)C(=O)c1ccc(F)c(C(F)(F)F)c1. The van der Waals surface area contributed by atoms with Gasteiger partial charge in [0.25, 0.3) is 5.91 Å². The number of benzene rings is 1. The van der Waals surface area contributed by atoms with Gasteiger partial charge in [-0.15, -0.1) is 0 Å². The van der Waals surface area contributed by atoms with Crippen molar-refractivity contribution < 1.29 is 22.4 Å². The summed E-state index contributed by atoms with van der Waals surface area (Å²) in [5, 5.41) is 0. The lowest BCUT2D eigenvalue weighted by atomic mass is 10.1. The Morgan fingerprint density at radius 3 is 2.15 bits per heavy atom. The molecule has 20 heavy (non-hydrogen) atoms. The van der Waals surface area contributed by atoms with Crippen LogP contribution in [-0.4, -0.2) is 23.9 Å². The van der Waals surface area contributed by atoms with Gasteiger partial charge in [-0.25, -0.2) is 4.39 Å². The Hall–Kier alpha value is -1.59. The first kappa shape index (κ1) is 16.5. The van der Waals surface area contributed by atoms with Crippen molar-refractivity contribution in [2.75, 3.05) is 13.1 Å². The lowest BCUT2D eigenvalue weighted by molar-refractivity contribution is -0.140. The van der Waals surface area contributed by atoms with E-state index in [4.69, 9.17) is 0 Å². The van der Waals surface area contributed by atoms with Gasteiger partial charge in [0.15, 0.2) is 0 Å². The van der Waals surface area contributed by atoms with Crippen molar-refractivity contribution in [2.24, 2.45) is 0 Å². The molecule has 0 radical (unpaired) electrons. The van der Waals surface area contributed by atoms with Crippen molar-refractivity contribution in [1.82, 2.24) is 4.90 Å². The first-order valence-corrected chi connectivity index (χ1v) is 6.47. The van der Waals surface area contributed by atoms with Crippen molar-refractivity contribution >= 4 is 5.91 Å². The average Bonchev–Trinajstić information content (AvgIpc) is 2.37. The molecular formula is C14H17F4NO. The van der Waals surface area contributed by atoms with Crippen LogP contribution in [0.4, 0.5) is 17.6 Å². The molecule has 6 heteroatoms. The van der Waals surface area contributed by atoms with E-state index in [0.29, 0.717) is 38.1 Å². The van der Waals surface area contributed by atoms with Gasteiger partial charge in [-0.05, 0) is 31.0 Å². The van der Waals surface area contributed by atoms with Gasteiger partial charge in [-0.1, -0.05) is 13.8 Å². The molecule has 0 aromatic heterocycles. The van der Waals surface area contributed by atoms with Crippen LogP contribution in [0.3, 0.4) is 0 Å². The molecule has 112 valence electrons. The maximum atomic E-state index is 13.2. The Labute approximate surface area is 115 Å². The molecule has 0 aliphatic heterocycles. The topological polar surface area (TPSA) is 20.3 Å². The highest BCUT2D eigenvalue weighted by molar-refractivity contribution is 5.94. The smallest absolute Gasteiger partial charge is 0.339 e. The maximum absolute atomic E-state index is 13.2. The van der Waals surface area contributed by atoms with Crippen LogP contribution in [0.15, 0.2) is 18.2 Å². The fraction of sp³-hybridized carbons (Fsp3) is 0.500. The number of amides is 1. The molecule has 1 amide bonds. The maximum Gasteiger partial charge on any atom is 0.419 e. The highest BCUT2D eigenvalue weighted by Gasteiger charge is 2.35. The number of halogens is 4. The van der Waals surface area contributed by atoms with Crippen LogP contribution in [0.2, 0.25) is 0 Å². The summed E-state index contributed by atoms with van der Waals surface area (Å²) in [6, 6.07) is 2.35. The van der Waals surface area contributed by atoms with E-state index in [1.165, 1.54) is 4.90 Å². The molecule has 0 saturated carbocycles. The van der Waals surface area contributed by atoms with Gasteiger partial charge >= 0.3 is 6.18 Å². The minimum Gasteiger partial charge on any atom is -0.339 e. The van der Waals surface area contributed by atoms with E-state index in [-0.39, 0.29) is 5.56 Å². The molecule has 2 nitrogen and oxygen atoms in total. The molecule has 0 spiro atoms. The van der Waals surface area contributed by atoms with E-state index in [1.807, 2.05) is 13.8 Å². The Bertz CT molecular complexity index is 465. The third-order valence-electron chi connectivity index (χ3n) is 2.79. The largest absolute Gasteiger partial charge is 0.419 e. The molecular weight excluding hydrogens is 274 g/mol. The van der Waals surface area contributed by atoms with Crippen molar-refractivity contribution in [3.05, 3.63) is 35.1 Å². The molecule has 1 rings (SSSR count). The van der Waals surface area contributed by atoms with Crippen molar-refractivity contribution in [3.8, 4) is 0 Å². The molecule has 0 N–H and O–H groups in total. The third kappa shape index (κ3) is 3.95. The Morgan fingerprint density at radius 1 is 1.15 bits per heavy atom. The highest BCUT2D eigenvalue weighted by atomic mass is 19.4. The summed E-state index contributed by atoms with van der Waals surface area (Å²) < 4.78 is 51.1. The molecule has 0 heterocycles. The van der Waals surface area contributed by atoms with Crippen molar-refractivity contribution in [3.63, 3.8) is 0 Å². The fourth-order valence-electron chi connectivity index (χ4n) is 1.91. The predicted molar refractivity (Wildman–Crippen MR) is 67.9 cm³/mol. The average molecular weight is 291 g/mol. The van der Waals surface area contributed by atoms with Gasteiger partial charge in [0.05, 0.1) is 5.56 Å².